The summed E-state index contributed by atoms with van der Waals surface area (Å²) >= 11 is 2.96. The molecule has 118 valence electrons. The number of carbonyl (C=O) groups excluding carboxylic acids is 1. The summed E-state index contributed by atoms with van der Waals surface area (Å²) in [7, 11) is -3.97. The normalized spacial score (nSPS) is 11.7. The first kappa shape index (κ1) is 17.9. The average Bonchev–Trinajstić information content (AvgIpc) is 2.38. The van der Waals surface area contributed by atoms with E-state index in [1.165, 1.54) is 0 Å². The van der Waals surface area contributed by atoms with Crippen molar-refractivity contribution < 1.29 is 17.6 Å². The highest BCUT2D eigenvalue weighted by atomic mass is 79.9. The molecule has 0 atom stereocenters. The van der Waals surface area contributed by atoms with Gasteiger partial charge in [-0.25, -0.2) is 17.5 Å². The summed E-state index contributed by atoms with van der Waals surface area (Å²) in [6, 6.07) is 1.95. The Morgan fingerprint density at radius 3 is 2.62 bits per heavy atom. The van der Waals surface area contributed by atoms with Gasteiger partial charge in [0.1, 0.15) is 5.82 Å². The molecule has 0 aliphatic heterocycles. The van der Waals surface area contributed by atoms with Crippen LogP contribution in [0.15, 0.2) is 21.5 Å². The number of carbonyl (C=O) groups is 1. The van der Waals surface area contributed by atoms with Crippen LogP contribution in [0.4, 0.5) is 10.1 Å². The van der Waals surface area contributed by atoms with E-state index in [0.717, 1.165) is 12.1 Å². The minimum atomic E-state index is -3.97. The van der Waals surface area contributed by atoms with Crippen LogP contribution in [0.25, 0.3) is 0 Å². The van der Waals surface area contributed by atoms with Crippen molar-refractivity contribution in [3.05, 3.63) is 22.4 Å². The minimum absolute atomic E-state index is 0.0317. The molecule has 4 N–H and O–H groups in total. The van der Waals surface area contributed by atoms with E-state index in [9.17, 15) is 17.6 Å². The van der Waals surface area contributed by atoms with Gasteiger partial charge in [-0.2, -0.15) is 0 Å². The third-order valence-corrected chi connectivity index (χ3v) is 4.83. The number of nitrogen functional groups attached to an aromatic ring is 1. The zero-order chi connectivity index (χ0) is 16.2. The zero-order valence-electron chi connectivity index (χ0n) is 11.6. The first-order chi connectivity index (χ1) is 9.63. The van der Waals surface area contributed by atoms with Crippen molar-refractivity contribution in [3.8, 4) is 0 Å². The molecule has 1 aromatic carbocycles. The Morgan fingerprint density at radius 2 is 2.05 bits per heavy atom. The molecule has 0 aliphatic carbocycles. The van der Waals surface area contributed by atoms with Crippen molar-refractivity contribution in [2.75, 3.05) is 18.8 Å². The summed E-state index contributed by atoms with van der Waals surface area (Å²) in [5.74, 6) is -0.911. The van der Waals surface area contributed by atoms with Gasteiger partial charge in [-0.3, -0.25) is 4.79 Å². The van der Waals surface area contributed by atoms with Crippen LogP contribution in [0.3, 0.4) is 0 Å². The molecule has 0 unspecified atom stereocenters. The molecule has 0 bridgehead atoms. The monoisotopic (exact) mass is 381 g/mol. The fraction of sp³-hybridized carbons (Fsp3) is 0.417. The summed E-state index contributed by atoms with van der Waals surface area (Å²) in [6.07, 6.45) is 0. The predicted octanol–water partition coefficient (Wildman–Crippen LogP) is 1.22. The van der Waals surface area contributed by atoms with Crippen LogP contribution >= 0.6 is 15.9 Å². The first-order valence-electron chi connectivity index (χ1n) is 6.14. The number of nitrogens with two attached hydrogens (primary N) is 1. The predicted molar refractivity (Wildman–Crippen MR) is 81.5 cm³/mol. The van der Waals surface area contributed by atoms with Crippen molar-refractivity contribution in [1.29, 1.82) is 0 Å². The van der Waals surface area contributed by atoms with Gasteiger partial charge >= 0.3 is 0 Å². The van der Waals surface area contributed by atoms with Crippen LogP contribution in [0.5, 0.6) is 0 Å². The quantitative estimate of drug-likeness (QED) is 0.644. The fourth-order valence-electron chi connectivity index (χ4n) is 1.37. The minimum Gasteiger partial charge on any atom is -0.396 e. The SMILES string of the molecule is CC(C)CNC(=O)CNS(=O)(=O)c1cc(N)c(F)cc1Br. The molecular formula is C12H17BrFN3O3S. The van der Waals surface area contributed by atoms with Crippen LogP contribution in [0.1, 0.15) is 13.8 Å². The van der Waals surface area contributed by atoms with Gasteiger partial charge in [-0.15, -0.1) is 0 Å². The number of benzene rings is 1. The van der Waals surface area contributed by atoms with Gasteiger partial charge in [0.05, 0.1) is 17.1 Å². The zero-order valence-corrected chi connectivity index (χ0v) is 14.0. The van der Waals surface area contributed by atoms with Crippen LogP contribution in [-0.4, -0.2) is 27.4 Å². The summed E-state index contributed by atoms with van der Waals surface area (Å²) in [6.45, 7) is 3.89. The van der Waals surface area contributed by atoms with Crippen LogP contribution < -0.4 is 15.8 Å². The molecule has 0 heterocycles. The molecule has 0 saturated carbocycles. The standard InChI is InChI=1S/C12H17BrFN3O3S/c1-7(2)5-16-12(18)6-17-21(19,20)11-4-10(15)9(14)3-8(11)13/h3-4,7,17H,5-6,15H2,1-2H3,(H,16,18). The molecule has 1 amide bonds. The smallest absolute Gasteiger partial charge is 0.242 e. The maximum Gasteiger partial charge on any atom is 0.242 e. The van der Waals surface area contributed by atoms with E-state index in [4.69, 9.17) is 5.73 Å². The second-order valence-electron chi connectivity index (χ2n) is 4.83. The fourth-order valence-corrected chi connectivity index (χ4v) is 3.40. The second kappa shape index (κ2) is 7.19. The maximum atomic E-state index is 13.2. The Bertz CT molecular complexity index is 635. The van der Waals surface area contributed by atoms with Gasteiger partial charge in [-0.05, 0) is 34.0 Å². The molecule has 0 spiro atoms. The lowest BCUT2D eigenvalue weighted by Gasteiger charge is -2.11. The number of halogens is 2. The maximum absolute atomic E-state index is 13.2. The van der Waals surface area contributed by atoms with Gasteiger partial charge in [0.25, 0.3) is 0 Å². The number of amides is 1. The number of rotatable bonds is 6. The highest BCUT2D eigenvalue weighted by Gasteiger charge is 2.20. The number of sulfonamides is 1. The van der Waals surface area contributed by atoms with E-state index in [2.05, 4.69) is 26.0 Å². The third-order valence-electron chi connectivity index (χ3n) is 2.47. The summed E-state index contributed by atoms with van der Waals surface area (Å²) < 4.78 is 39.5. The van der Waals surface area contributed by atoms with E-state index in [1.807, 2.05) is 13.8 Å². The largest absolute Gasteiger partial charge is 0.396 e. The number of nitrogens with one attached hydrogen (secondary N) is 2. The highest BCUT2D eigenvalue weighted by molar-refractivity contribution is 9.10. The lowest BCUT2D eigenvalue weighted by molar-refractivity contribution is -0.120. The Hall–Kier alpha value is -1.19. The Balaban J connectivity index is 2.79. The summed E-state index contributed by atoms with van der Waals surface area (Å²) in [5.41, 5.74) is 5.07. The molecule has 0 fully saturated rings. The van der Waals surface area contributed by atoms with Crippen molar-refractivity contribution in [1.82, 2.24) is 10.0 Å². The Labute approximate surface area is 131 Å². The molecule has 0 radical (unpaired) electrons. The third kappa shape index (κ3) is 5.25. The van der Waals surface area contributed by atoms with E-state index in [1.54, 1.807) is 0 Å². The molecule has 6 nitrogen and oxygen atoms in total. The molecule has 0 aromatic heterocycles. The van der Waals surface area contributed by atoms with E-state index in [-0.39, 0.29) is 21.0 Å². The molecule has 1 aromatic rings. The van der Waals surface area contributed by atoms with Gasteiger partial charge in [0, 0.05) is 11.0 Å². The molecular weight excluding hydrogens is 365 g/mol. The first-order valence-corrected chi connectivity index (χ1v) is 8.42. The lowest BCUT2D eigenvalue weighted by Crippen LogP contribution is -2.38. The Kier molecular flexibility index (Phi) is 6.11. The molecule has 0 aliphatic rings. The lowest BCUT2D eigenvalue weighted by atomic mass is 10.2. The topological polar surface area (TPSA) is 101 Å². The van der Waals surface area contributed by atoms with Gasteiger partial charge in [-0.1, -0.05) is 13.8 Å². The van der Waals surface area contributed by atoms with Crippen LogP contribution in [-0.2, 0) is 14.8 Å². The summed E-state index contributed by atoms with van der Waals surface area (Å²) in [4.78, 5) is 11.3. The van der Waals surface area contributed by atoms with Gasteiger partial charge in [0.2, 0.25) is 15.9 Å². The van der Waals surface area contributed by atoms with Crippen LogP contribution in [0, 0.1) is 11.7 Å². The molecule has 0 saturated heterocycles. The molecule has 1 rings (SSSR count). The van der Waals surface area contributed by atoms with E-state index in [0.29, 0.717) is 6.54 Å². The molecule has 9 heteroatoms. The summed E-state index contributed by atoms with van der Waals surface area (Å²) in [5, 5.41) is 2.58. The van der Waals surface area contributed by atoms with E-state index >= 15 is 0 Å². The van der Waals surface area contributed by atoms with Crippen LogP contribution in [0.2, 0.25) is 0 Å². The van der Waals surface area contributed by atoms with Crippen molar-refractivity contribution >= 4 is 37.5 Å². The highest BCUT2D eigenvalue weighted by Crippen LogP contribution is 2.26. The van der Waals surface area contributed by atoms with E-state index < -0.39 is 28.3 Å². The van der Waals surface area contributed by atoms with Crippen molar-refractivity contribution in [2.45, 2.75) is 18.7 Å². The Morgan fingerprint density at radius 1 is 1.43 bits per heavy atom. The van der Waals surface area contributed by atoms with Gasteiger partial charge < -0.3 is 11.1 Å². The van der Waals surface area contributed by atoms with Gasteiger partial charge in [0.15, 0.2) is 0 Å². The average molecular weight is 382 g/mol. The van der Waals surface area contributed by atoms with Crippen molar-refractivity contribution in [2.24, 2.45) is 5.92 Å². The number of anilines is 1. The number of hydrogen-bond donors (Lipinski definition) is 3. The molecule has 21 heavy (non-hydrogen) atoms. The van der Waals surface area contributed by atoms with Crippen molar-refractivity contribution in [3.63, 3.8) is 0 Å². The number of hydrogen-bond acceptors (Lipinski definition) is 4. The second-order valence-corrected chi connectivity index (χ2v) is 7.42.